The molecule has 1 amide bonds. The lowest BCUT2D eigenvalue weighted by molar-refractivity contribution is -0.125. The van der Waals surface area contributed by atoms with E-state index in [2.05, 4.69) is 0 Å². The van der Waals surface area contributed by atoms with Crippen molar-refractivity contribution in [1.82, 2.24) is 0 Å². The van der Waals surface area contributed by atoms with Crippen LogP contribution in [0.3, 0.4) is 0 Å². The summed E-state index contributed by atoms with van der Waals surface area (Å²) >= 11 is 0. The fourth-order valence-electron chi connectivity index (χ4n) is 2.69. The molecular weight excluding hydrogens is 306 g/mol. The smallest absolute Gasteiger partial charge is 0.267 e. The predicted octanol–water partition coefficient (Wildman–Crippen LogP) is 3.00. The molecule has 0 saturated carbocycles. The van der Waals surface area contributed by atoms with Crippen LogP contribution in [-0.4, -0.2) is 31.4 Å². The molecule has 2 aromatic rings. The topological polar surface area (TPSA) is 55.8 Å². The second kappa shape index (κ2) is 6.74. The van der Waals surface area contributed by atoms with Crippen LogP contribution in [0.4, 0.5) is 5.69 Å². The minimum absolute atomic E-state index is 0.140. The van der Waals surface area contributed by atoms with Crippen LogP contribution in [0, 0.1) is 6.92 Å². The van der Waals surface area contributed by atoms with Gasteiger partial charge in [-0.1, -0.05) is 12.1 Å². The van der Waals surface area contributed by atoms with Crippen LogP contribution in [0.15, 0.2) is 42.5 Å². The van der Waals surface area contributed by atoms with E-state index in [1.807, 2.05) is 31.2 Å². The fraction of sp³-hybridized carbons (Fsp3) is 0.263. The SMILES string of the molecule is Cc1cccc(OCCN2C(=O)C(C)Oc3ccc(C=O)cc32)c1. The van der Waals surface area contributed by atoms with E-state index >= 15 is 0 Å². The highest BCUT2D eigenvalue weighted by Gasteiger charge is 2.31. The van der Waals surface area contributed by atoms with Crippen molar-refractivity contribution in [2.24, 2.45) is 0 Å². The molecule has 0 spiro atoms. The standard InChI is InChI=1S/C19H19NO4/c1-13-4-3-5-16(10-13)23-9-8-20-17-11-15(12-21)6-7-18(17)24-14(2)19(20)22/h3-7,10-12,14H,8-9H2,1-2H3. The summed E-state index contributed by atoms with van der Waals surface area (Å²) in [7, 11) is 0. The van der Waals surface area contributed by atoms with Gasteiger partial charge in [-0.25, -0.2) is 0 Å². The van der Waals surface area contributed by atoms with Crippen molar-refractivity contribution in [3.05, 3.63) is 53.6 Å². The zero-order chi connectivity index (χ0) is 17.1. The highest BCUT2D eigenvalue weighted by atomic mass is 16.5. The maximum atomic E-state index is 12.4. The van der Waals surface area contributed by atoms with Crippen LogP contribution in [0.2, 0.25) is 0 Å². The van der Waals surface area contributed by atoms with Gasteiger partial charge in [0.2, 0.25) is 0 Å². The van der Waals surface area contributed by atoms with E-state index in [-0.39, 0.29) is 5.91 Å². The zero-order valence-corrected chi connectivity index (χ0v) is 13.7. The van der Waals surface area contributed by atoms with Crippen LogP contribution in [0.5, 0.6) is 11.5 Å². The number of amides is 1. The minimum atomic E-state index is -0.557. The largest absolute Gasteiger partial charge is 0.492 e. The Morgan fingerprint density at radius 2 is 2.08 bits per heavy atom. The van der Waals surface area contributed by atoms with Gasteiger partial charge in [0.25, 0.3) is 5.91 Å². The molecular formula is C19H19NO4. The molecule has 1 unspecified atom stereocenters. The second-order valence-electron chi connectivity index (χ2n) is 5.76. The van der Waals surface area contributed by atoms with Gasteiger partial charge in [0.15, 0.2) is 6.10 Å². The van der Waals surface area contributed by atoms with Crippen molar-refractivity contribution in [2.75, 3.05) is 18.1 Å². The number of nitrogens with zero attached hydrogens (tertiary/aromatic N) is 1. The van der Waals surface area contributed by atoms with Crippen LogP contribution < -0.4 is 14.4 Å². The van der Waals surface area contributed by atoms with Crippen LogP contribution >= 0.6 is 0 Å². The van der Waals surface area contributed by atoms with E-state index in [1.165, 1.54) is 0 Å². The van der Waals surface area contributed by atoms with Gasteiger partial charge < -0.3 is 14.4 Å². The fourth-order valence-corrected chi connectivity index (χ4v) is 2.69. The molecule has 24 heavy (non-hydrogen) atoms. The quantitative estimate of drug-likeness (QED) is 0.793. The van der Waals surface area contributed by atoms with Gasteiger partial charge >= 0.3 is 0 Å². The average molecular weight is 325 g/mol. The first-order chi connectivity index (χ1) is 11.6. The molecule has 5 nitrogen and oxygen atoms in total. The molecule has 1 aliphatic rings. The van der Waals surface area contributed by atoms with Gasteiger partial charge in [0.05, 0.1) is 12.2 Å². The maximum absolute atomic E-state index is 12.4. The molecule has 3 rings (SSSR count). The summed E-state index contributed by atoms with van der Waals surface area (Å²) in [6.07, 6.45) is 0.197. The number of rotatable bonds is 5. The summed E-state index contributed by atoms with van der Waals surface area (Å²) in [5.74, 6) is 1.23. The third-order valence-electron chi connectivity index (χ3n) is 3.90. The van der Waals surface area contributed by atoms with Crippen LogP contribution in [0.1, 0.15) is 22.8 Å². The molecule has 1 atom stereocenters. The van der Waals surface area contributed by atoms with Gasteiger partial charge in [-0.05, 0) is 49.7 Å². The molecule has 0 fully saturated rings. The van der Waals surface area contributed by atoms with Crippen molar-refractivity contribution >= 4 is 17.9 Å². The number of ether oxygens (including phenoxy) is 2. The Labute approximate surface area is 140 Å². The monoisotopic (exact) mass is 325 g/mol. The maximum Gasteiger partial charge on any atom is 0.267 e. The molecule has 2 aromatic carbocycles. The number of hydrogen-bond donors (Lipinski definition) is 0. The lowest BCUT2D eigenvalue weighted by atomic mass is 10.1. The zero-order valence-electron chi connectivity index (χ0n) is 13.7. The Kier molecular flexibility index (Phi) is 4.51. The third-order valence-corrected chi connectivity index (χ3v) is 3.90. The highest BCUT2D eigenvalue weighted by molar-refractivity contribution is 6.00. The lowest BCUT2D eigenvalue weighted by Crippen LogP contribution is -2.46. The number of benzene rings is 2. The van der Waals surface area contributed by atoms with Crippen molar-refractivity contribution in [1.29, 1.82) is 0 Å². The molecule has 0 bridgehead atoms. The number of anilines is 1. The number of aryl methyl sites for hydroxylation is 1. The molecule has 1 aliphatic heterocycles. The van der Waals surface area contributed by atoms with Gasteiger partial charge in [0.1, 0.15) is 24.4 Å². The van der Waals surface area contributed by atoms with E-state index in [0.717, 1.165) is 17.6 Å². The van der Waals surface area contributed by atoms with Crippen molar-refractivity contribution in [3.8, 4) is 11.5 Å². The number of fused-ring (bicyclic) bond motifs is 1. The Morgan fingerprint density at radius 3 is 2.83 bits per heavy atom. The van der Waals surface area contributed by atoms with Gasteiger partial charge in [0, 0.05) is 5.56 Å². The van der Waals surface area contributed by atoms with Gasteiger partial charge in [-0.2, -0.15) is 0 Å². The van der Waals surface area contributed by atoms with Gasteiger partial charge in [-0.15, -0.1) is 0 Å². The number of aldehydes is 1. The molecule has 0 aliphatic carbocycles. The first kappa shape index (κ1) is 16.1. The first-order valence-corrected chi connectivity index (χ1v) is 7.85. The molecule has 0 aromatic heterocycles. The Bertz CT molecular complexity index is 772. The van der Waals surface area contributed by atoms with Crippen molar-refractivity contribution in [2.45, 2.75) is 20.0 Å². The van der Waals surface area contributed by atoms with Crippen molar-refractivity contribution in [3.63, 3.8) is 0 Å². The lowest BCUT2D eigenvalue weighted by Gasteiger charge is -2.33. The molecule has 124 valence electrons. The molecule has 0 radical (unpaired) electrons. The van der Waals surface area contributed by atoms with Crippen LogP contribution in [0.25, 0.3) is 0 Å². The van der Waals surface area contributed by atoms with E-state index in [1.54, 1.807) is 30.0 Å². The summed E-state index contributed by atoms with van der Waals surface area (Å²) in [5, 5.41) is 0. The second-order valence-corrected chi connectivity index (χ2v) is 5.76. The van der Waals surface area contributed by atoms with E-state index in [4.69, 9.17) is 9.47 Å². The van der Waals surface area contributed by atoms with E-state index < -0.39 is 6.10 Å². The Balaban J connectivity index is 1.76. The summed E-state index contributed by atoms with van der Waals surface area (Å²) < 4.78 is 11.3. The molecule has 0 N–H and O–H groups in total. The van der Waals surface area contributed by atoms with Gasteiger partial charge in [-0.3, -0.25) is 9.59 Å². The number of carbonyl (C=O) groups excluding carboxylic acids is 2. The number of carbonyl (C=O) groups is 2. The number of hydrogen-bond acceptors (Lipinski definition) is 4. The molecule has 0 saturated heterocycles. The normalized spacial score (nSPS) is 16.3. The Morgan fingerprint density at radius 1 is 1.25 bits per heavy atom. The summed E-state index contributed by atoms with van der Waals surface area (Å²) in [6, 6.07) is 12.8. The average Bonchev–Trinajstić information content (AvgIpc) is 2.58. The summed E-state index contributed by atoms with van der Waals surface area (Å²) in [4.78, 5) is 25.1. The van der Waals surface area contributed by atoms with Crippen LogP contribution in [-0.2, 0) is 4.79 Å². The predicted molar refractivity (Wildman–Crippen MR) is 90.9 cm³/mol. The molecule has 5 heteroatoms. The summed E-state index contributed by atoms with van der Waals surface area (Å²) in [5.41, 5.74) is 2.23. The van der Waals surface area contributed by atoms with Crippen molar-refractivity contribution < 1.29 is 19.1 Å². The minimum Gasteiger partial charge on any atom is -0.492 e. The van der Waals surface area contributed by atoms with E-state index in [9.17, 15) is 9.59 Å². The molecule has 1 heterocycles. The highest BCUT2D eigenvalue weighted by Crippen LogP contribution is 2.34. The van der Waals surface area contributed by atoms with E-state index in [0.29, 0.717) is 30.2 Å². The third kappa shape index (κ3) is 3.25. The first-order valence-electron chi connectivity index (χ1n) is 7.85. The summed E-state index contributed by atoms with van der Waals surface area (Å²) in [6.45, 7) is 4.45. The Hall–Kier alpha value is -2.82.